The molecule has 0 radical (unpaired) electrons. The number of phenolic OH excluding ortho intramolecular Hbond substituents is 1. The first kappa shape index (κ1) is 35.9. The van der Waals surface area contributed by atoms with Gasteiger partial charge in [0, 0.05) is 43.4 Å². The van der Waals surface area contributed by atoms with Crippen molar-refractivity contribution in [3.8, 4) is 11.5 Å². The van der Waals surface area contributed by atoms with Gasteiger partial charge in [-0.1, -0.05) is 80.8 Å². The number of H-pyrrole nitrogens is 1. The maximum Gasteiger partial charge on any atom is 0.165 e. The number of benzene rings is 3. The molecule has 2 atom stereocenters. The Hall–Kier alpha value is -4.41. The molecule has 260 valence electrons. The second-order valence-corrected chi connectivity index (χ2v) is 12.9. The predicted octanol–water partition coefficient (Wildman–Crippen LogP) is 6.42. The van der Waals surface area contributed by atoms with Crippen LogP contribution in [0.1, 0.15) is 85.0 Å². The lowest BCUT2D eigenvalue weighted by Gasteiger charge is -2.17. The molecule has 0 bridgehead atoms. The number of aromatic nitrogens is 2. The number of nitrogens with one attached hydrogen (secondary N) is 2. The number of nitrogens with zero attached hydrogens (tertiary/aromatic N) is 1. The van der Waals surface area contributed by atoms with Gasteiger partial charge in [0.15, 0.2) is 18.2 Å². The molecule has 2 heterocycles. The van der Waals surface area contributed by atoms with Crippen LogP contribution in [-0.2, 0) is 37.4 Å². The van der Waals surface area contributed by atoms with Crippen molar-refractivity contribution in [1.82, 2.24) is 14.9 Å². The van der Waals surface area contributed by atoms with E-state index in [1.165, 1.54) is 5.56 Å². The average Bonchev–Trinajstić information content (AvgIpc) is 3.69. The third-order valence-electron chi connectivity index (χ3n) is 9.08. The van der Waals surface area contributed by atoms with Crippen LogP contribution in [0.3, 0.4) is 0 Å². The minimum Gasteiger partial charge on any atom is -0.504 e. The van der Waals surface area contributed by atoms with E-state index in [4.69, 9.17) is 10.5 Å². The third kappa shape index (κ3) is 10.3. The van der Waals surface area contributed by atoms with E-state index in [-0.39, 0.29) is 37.5 Å². The van der Waals surface area contributed by atoms with E-state index < -0.39 is 6.10 Å². The lowest BCUT2D eigenvalue weighted by molar-refractivity contribution is -0.121. The number of aliphatic hydroxyl groups is 2. The Morgan fingerprint density at radius 3 is 2.61 bits per heavy atom. The van der Waals surface area contributed by atoms with Crippen molar-refractivity contribution in [2.75, 3.05) is 6.54 Å². The summed E-state index contributed by atoms with van der Waals surface area (Å²) < 4.78 is 7.92. The highest BCUT2D eigenvalue weighted by atomic mass is 16.5. The maximum atomic E-state index is 12.4. The molecule has 0 saturated heterocycles. The van der Waals surface area contributed by atoms with Crippen molar-refractivity contribution in [3.63, 3.8) is 0 Å². The molecule has 3 aromatic carbocycles. The van der Waals surface area contributed by atoms with Crippen LogP contribution in [0.5, 0.6) is 11.5 Å². The first-order chi connectivity index (χ1) is 23.8. The lowest BCUT2D eigenvalue weighted by atomic mass is 9.97. The average molecular weight is 667 g/mol. The minimum atomic E-state index is -0.580. The number of carbonyl (C=O) groups is 1. The fourth-order valence-corrected chi connectivity index (χ4v) is 6.19. The van der Waals surface area contributed by atoms with Gasteiger partial charge in [0.25, 0.3) is 0 Å². The van der Waals surface area contributed by atoms with E-state index in [9.17, 15) is 20.1 Å². The summed E-state index contributed by atoms with van der Waals surface area (Å²) in [6, 6.07) is 21.4. The van der Waals surface area contributed by atoms with Gasteiger partial charge in [0.05, 0.1) is 24.4 Å². The number of unbranched alkanes of at least 4 members (excludes halogenated alkanes) is 2. The summed E-state index contributed by atoms with van der Waals surface area (Å²) in [5.41, 5.74) is 13.5. The zero-order chi connectivity index (χ0) is 34.6. The molecule has 0 spiro atoms. The first-order valence-electron chi connectivity index (χ1n) is 17.4. The maximum absolute atomic E-state index is 12.4. The van der Waals surface area contributed by atoms with Crippen molar-refractivity contribution in [1.29, 1.82) is 0 Å². The number of aromatic hydroxyl groups is 1. The second kappa shape index (κ2) is 17.8. The fraction of sp³-hybridized carbons (Fsp3) is 0.375. The Morgan fingerprint density at radius 2 is 1.82 bits per heavy atom. The Kier molecular flexibility index (Phi) is 13.1. The van der Waals surface area contributed by atoms with Crippen molar-refractivity contribution >= 4 is 16.7 Å². The van der Waals surface area contributed by atoms with Crippen molar-refractivity contribution in [2.24, 2.45) is 5.73 Å². The van der Waals surface area contributed by atoms with E-state index >= 15 is 0 Å². The summed E-state index contributed by atoms with van der Waals surface area (Å²) >= 11 is 0. The summed E-state index contributed by atoms with van der Waals surface area (Å²) in [5, 5.41) is 35.1. The van der Waals surface area contributed by atoms with Gasteiger partial charge in [0.2, 0.25) is 0 Å². The van der Waals surface area contributed by atoms with Gasteiger partial charge in [-0.25, -0.2) is 0 Å². The topological polar surface area (TPSA) is 146 Å². The van der Waals surface area contributed by atoms with Crippen LogP contribution in [0.25, 0.3) is 10.9 Å². The molecule has 49 heavy (non-hydrogen) atoms. The summed E-state index contributed by atoms with van der Waals surface area (Å²) in [7, 11) is 0. The Labute approximate surface area is 288 Å². The molecule has 0 saturated carbocycles. The van der Waals surface area contributed by atoms with Crippen molar-refractivity contribution in [2.45, 2.75) is 90.3 Å². The van der Waals surface area contributed by atoms with Gasteiger partial charge in [-0.05, 0) is 71.2 Å². The highest BCUT2D eigenvalue weighted by molar-refractivity contribution is 5.83. The Balaban J connectivity index is 1.18. The number of ketones is 1. The molecule has 5 rings (SSSR count). The van der Waals surface area contributed by atoms with Gasteiger partial charge in [0.1, 0.15) is 5.78 Å². The quantitative estimate of drug-likeness (QED) is 0.0416. The number of fused-ring (bicyclic) bond motifs is 1. The lowest BCUT2D eigenvalue weighted by Crippen LogP contribution is -2.30. The second-order valence-electron chi connectivity index (χ2n) is 12.9. The monoisotopic (exact) mass is 666 g/mol. The van der Waals surface area contributed by atoms with Crippen LogP contribution in [0.15, 0.2) is 85.3 Å². The highest BCUT2D eigenvalue weighted by Gasteiger charge is 2.15. The van der Waals surface area contributed by atoms with Crippen molar-refractivity contribution in [3.05, 3.63) is 119 Å². The molecule has 0 amide bonds. The number of hydrogen-bond donors (Lipinski definition) is 6. The zero-order valence-electron chi connectivity index (χ0n) is 28.4. The van der Waals surface area contributed by atoms with Gasteiger partial charge < -0.3 is 35.3 Å². The van der Waals surface area contributed by atoms with E-state index in [1.54, 1.807) is 18.2 Å². The van der Waals surface area contributed by atoms with E-state index in [2.05, 4.69) is 35.4 Å². The van der Waals surface area contributed by atoms with Crippen molar-refractivity contribution < 1.29 is 24.9 Å². The number of Topliss-reactive ketones (excluding diaryl/α,β-unsaturated/α-hetero) is 1. The number of rotatable bonds is 20. The molecule has 9 heteroatoms. The molecule has 0 fully saturated rings. The number of carbonyl (C=O) groups excluding carboxylic acids is 1. The summed E-state index contributed by atoms with van der Waals surface area (Å²) in [6.45, 7) is 2.99. The molecule has 7 N–H and O–H groups in total. The van der Waals surface area contributed by atoms with Crippen LogP contribution in [0, 0.1) is 0 Å². The molecular weight excluding hydrogens is 616 g/mol. The van der Waals surface area contributed by atoms with E-state index in [1.807, 2.05) is 53.5 Å². The largest absolute Gasteiger partial charge is 0.504 e. The number of hydrogen-bond acceptors (Lipinski definition) is 7. The Morgan fingerprint density at radius 1 is 0.980 bits per heavy atom. The molecule has 2 aromatic heterocycles. The van der Waals surface area contributed by atoms with Crippen LogP contribution in [0.4, 0.5) is 0 Å². The number of ether oxygens (including phenoxy) is 1. The number of phenols is 1. The molecular formula is C40H50N4O5. The van der Waals surface area contributed by atoms with Crippen LogP contribution < -0.4 is 15.8 Å². The summed E-state index contributed by atoms with van der Waals surface area (Å²) in [6.07, 6.45) is 11.3. The van der Waals surface area contributed by atoms with E-state index in [0.717, 1.165) is 70.9 Å². The van der Waals surface area contributed by atoms with Gasteiger partial charge in [-0.15, -0.1) is 0 Å². The van der Waals surface area contributed by atoms with Crippen LogP contribution in [-0.4, -0.2) is 43.3 Å². The van der Waals surface area contributed by atoms with E-state index in [0.29, 0.717) is 31.4 Å². The summed E-state index contributed by atoms with van der Waals surface area (Å²) in [5.74, 6) is 0.415. The predicted molar refractivity (Wildman–Crippen MR) is 193 cm³/mol. The fourth-order valence-electron chi connectivity index (χ4n) is 6.19. The first-order valence-corrected chi connectivity index (χ1v) is 17.4. The number of aliphatic hydroxyl groups excluding tert-OH is 2. The molecule has 0 aliphatic carbocycles. The Bertz CT molecular complexity index is 1780. The number of nitrogens with two attached hydrogens (primary N) is 1. The zero-order valence-corrected chi connectivity index (χ0v) is 28.4. The molecule has 0 unspecified atom stereocenters. The molecule has 0 aliphatic rings. The number of aromatic amines is 1. The highest BCUT2D eigenvalue weighted by Crippen LogP contribution is 2.29. The molecule has 0 aliphatic heterocycles. The van der Waals surface area contributed by atoms with Gasteiger partial charge >= 0.3 is 0 Å². The summed E-state index contributed by atoms with van der Waals surface area (Å²) in [4.78, 5) is 15.8. The van der Waals surface area contributed by atoms with Gasteiger partial charge in [-0.2, -0.15) is 0 Å². The minimum absolute atomic E-state index is 0.0315. The molecule has 9 nitrogen and oxygen atoms in total. The third-order valence-corrected chi connectivity index (χ3v) is 9.08. The SMILES string of the molecule is CCCCC[C@@H](O)CC(=O)CCc1ccc(O)c(OCn2cc3[nH]cc(Cc4cc([C@H](N)NCCc5ccccc5)ccc4CO)c3c2)c1. The van der Waals surface area contributed by atoms with Crippen LogP contribution in [0.2, 0.25) is 0 Å². The normalized spacial score (nSPS) is 12.7. The number of aryl methyl sites for hydroxylation is 1. The van der Waals surface area contributed by atoms with Crippen LogP contribution >= 0.6 is 0 Å². The standard InChI is InChI=1S/C40H50N4O5/c1-2-3-5-10-34(46)22-35(47)15-11-29-12-16-38(48)39(19-29)49-27-44-24-36-33(23-43-37(36)25-44)21-32-20-30(13-14-31(32)26-45)40(41)42-18-17-28-8-6-4-7-9-28/h4,6-9,12-14,16,19-20,23-25,34,40,42-43,45-46,48H,2-3,5,10-11,15,17-18,21-22,26-27,41H2,1H3/t34-,40-/m1/s1. The smallest absolute Gasteiger partial charge is 0.165 e. The van der Waals surface area contributed by atoms with Gasteiger partial charge in [-0.3, -0.25) is 10.1 Å². The molecule has 5 aromatic rings.